The Bertz CT molecular complexity index is 1260. The summed E-state index contributed by atoms with van der Waals surface area (Å²) in [7, 11) is 0. The molecule has 2 heterocycles. The summed E-state index contributed by atoms with van der Waals surface area (Å²) in [5.74, 6) is -0.784. The van der Waals surface area contributed by atoms with Gasteiger partial charge in [0.1, 0.15) is 5.82 Å². The van der Waals surface area contributed by atoms with E-state index in [1.807, 2.05) is 0 Å². The number of amides is 1. The fourth-order valence-corrected chi connectivity index (χ4v) is 4.31. The van der Waals surface area contributed by atoms with Crippen LogP contribution in [0, 0.1) is 11.7 Å². The van der Waals surface area contributed by atoms with E-state index in [-0.39, 0.29) is 46.8 Å². The number of halogens is 2. The highest BCUT2D eigenvalue weighted by Gasteiger charge is 2.23. The first-order valence-corrected chi connectivity index (χ1v) is 11.9. The molecule has 1 saturated carbocycles. The lowest BCUT2D eigenvalue weighted by atomic mass is 9.87. The van der Waals surface area contributed by atoms with Crippen LogP contribution >= 0.6 is 15.9 Å². The van der Waals surface area contributed by atoms with E-state index in [4.69, 9.17) is 14.9 Å². The van der Waals surface area contributed by atoms with E-state index in [0.29, 0.717) is 18.0 Å². The van der Waals surface area contributed by atoms with Gasteiger partial charge in [0.15, 0.2) is 11.7 Å². The van der Waals surface area contributed by atoms with Crippen molar-refractivity contribution in [1.82, 2.24) is 25.4 Å². The van der Waals surface area contributed by atoms with Gasteiger partial charge in [0.05, 0.1) is 16.7 Å². The number of benzene rings is 1. The lowest BCUT2D eigenvalue weighted by Crippen LogP contribution is -2.38. The minimum absolute atomic E-state index is 0.00949. The van der Waals surface area contributed by atoms with Gasteiger partial charge in [-0.3, -0.25) is 19.6 Å². The Kier molecular flexibility index (Phi) is 7.90. The van der Waals surface area contributed by atoms with Crippen LogP contribution in [0.25, 0.3) is 17.2 Å². The molecule has 14 heteroatoms. The lowest BCUT2D eigenvalue weighted by molar-refractivity contribution is -0.120. The molecule has 1 aromatic carbocycles. The number of anilines is 1. The summed E-state index contributed by atoms with van der Waals surface area (Å²) in [4.78, 5) is 28.5. The number of carbonyl (C=O) groups excluding carboxylic acids is 1. The molecule has 0 aliphatic heterocycles. The van der Waals surface area contributed by atoms with Crippen molar-refractivity contribution in [3.63, 3.8) is 0 Å². The zero-order chi connectivity index (χ0) is 24.8. The normalized spacial score (nSPS) is 14.7. The zero-order valence-electron chi connectivity index (χ0n) is 18.7. The van der Waals surface area contributed by atoms with Gasteiger partial charge in [-0.25, -0.2) is 18.4 Å². The third-order valence-electron chi connectivity index (χ3n) is 5.62. The zero-order valence-corrected chi connectivity index (χ0v) is 20.3. The van der Waals surface area contributed by atoms with E-state index >= 15 is 0 Å². The number of nitrogens with zero attached hydrogens (tertiary/aromatic N) is 5. The molecule has 0 bridgehead atoms. The van der Waals surface area contributed by atoms with Crippen LogP contribution in [0.1, 0.15) is 38.5 Å². The van der Waals surface area contributed by atoms with Gasteiger partial charge in [-0.1, -0.05) is 24.4 Å². The van der Waals surface area contributed by atoms with Crippen LogP contribution in [0.15, 0.2) is 41.6 Å². The van der Waals surface area contributed by atoms with Crippen molar-refractivity contribution in [2.24, 2.45) is 16.6 Å². The maximum Gasteiger partial charge on any atom is 0.446 e. The summed E-state index contributed by atoms with van der Waals surface area (Å²) in [6, 6.07) is 3.99. The summed E-state index contributed by atoms with van der Waals surface area (Å²) in [5, 5.41) is 16.9. The van der Waals surface area contributed by atoms with E-state index in [9.17, 15) is 14.0 Å². The molecule has 0 unspecified atom stereocenters. The minimum atomic E-state index is -0.797. The van der Waals surface area contributed by atoms with Crippen LogP contribution in [-0.2, 0) is 4.79 Å². The van der Waals surface area contributed by atoms with Gasteiger partial charge in [0, 0.05) is 13.0 Å². The fraction of sp³-hybridized carbons (Fsp3) is 0.429. The Morgan fingerprint density at radius 1 is 1.26 bits per heavy atom. The smallest absolute Gasteiger partial charge is 0.370 e. The Balaban J connectivity index is 1.36. The second-order valence-electron chi connectivity index (χ2n) is 8.12. The first-order valence-electron chi connectivity index (χ1n) is 11.1. The van der Waals surface area contributed by atoms with E-state index in [0.717, 1.165) is 30.3 Å². The molecule has 4 rings (SSSR count). The monoisotopic (exact) mass is 550 g/mol. The highest BCUT2D eigenvalue weighted by molar-refractivity contribution is 9.10. The minimum Gasteiger partial charge on any atom is -0.370 e. The van der Waals surface area contributed by atoms with Crippen molar-refractivity contribution in [2.45, 2.75) is 38.5 Å². The van der Waals surface area contributed by atoms with Crippen LogP contribution in [0.3, 0.4) is 0 Å². The number of aromatic nitrogens is 4. The summed E-state index contributed by atoms with van der Waals surface area (Å²) in [5.41, 5.74) is 6.23. The molecule has 3 aromatic rings. The molecule has 4 N–H and O–H groups in total. The van der Waals surface area contributed by atoms with Crippen molar-refractivity contribution in [1.29, 1.82) is 0 Å². The molecule has 186 valence electrons. The molecule has 35 heavy (non-hydrogen) atoms. The molecule has 0 radical (unpaired) electrons. The van der Waals surface area contributed by atoms with Gasteiger partial charge in [0.2, 0.25) is 17.5 Å². The summed E-state index contributed by atoms with van der Waals surface area (Å²) in [6.07, 6.45) is 6.15. The second kappa shape index (κ2) is 11.3. The lowest BCUT2D eigenvalue weighted by Gasteiger charge is -2.20. The van der Waals surface area contributed by atoms with Crippen LogP contribution in [0.2, 0.25) is 0 Å². The van der Waals surface area contributed by atoms with Crippen LogP contribution < -0.4 is 22.1 Å². The van der Waals surface area contributed by atoms with Crippen LogP contribution in [-0.4, -0.2) is 45.0 Å². The Morgan fingerprint density at radius 3 is 2.83 bits per heavy atom. The van der Waals surface area contributed by atoms with Gasteiger partial charge in [-0.15, -0.1) is 0 Å². The number of nitrogens with two attached hydrogens (primary N) is 1. The van der Waals surface area contributed by atoms with Gasteiger partial charge in [-0.05, 0) is 63.2 Å². The van der Waals surface area contributed by atoms with E-state index in [2.05, 4.69) is 47.0 Å². The highest BCUT2D eigenvalue weighted by Crippen LogP contribution is 2.27. The van der Waals surface area contributed by atoms with Crippen LogP contribution in [0.5, 0.6) is 0 Å². The maximum atomic E-state index is 13.6. The maximum absolute atomic E-state index is 13.6. The number of rotatable bonds is 8. The predicted molar refractivity (Wildman–Crippen MR) is 127 cm³/mol. The van der Waals surface area contributed by atoms with Crippen molar-refractivity contribution in [2.75, 3.05) is 18.4 Å². The summed E-state index contributed by atoms with van der Waals surface area (Å²) in [6.45, 7) is 0.489. The largest absolute Gasteiger partial charge is 0.446 e. The Hall–Kier alpha value is -3.55. The van der Waals surface area contributed by atoms with Crippen molar-refractivity contribution in [3.8, 4) is 17.2 Å². The molecule has 1 aliphatic rings. The molecular formula is C21H24BrFN8O4. The van der Waals surface area contributed by atoms with Crippen molar-refractivity contribution in [3.05, 3.63) is 39.0 Å². The van der Waals surface area contributed by atoms with Gasteiger partial charge < -0.3 is 11.1 Å². The average Bonchev–Trinajstić information content (AvgIpc) is 3.45. The third kappa shape index (κ3) is 6.12. The molecule has 12 nitrogen and oxygen atoms in total. The number of nitrogens with one attached hydrogen (secondary N) is 2. The molecular weight excluding hydrogens is 527 g/mol. The van der Waals surface area contributed by atoms with E-state index in [1.54, 1.807) is 0 Å². The van der Waals surface area contributed by atoms with Gasteiger partial charge in [-0.2, -0.15) is 0 Å². The van der Waals surface area contributed by atoms with Crippen molar-refractivity contribution >= 4 is 33.6 Å². The molecule has 1 fully saturated rings. The predicted octanol–water partition coefficient (Wildman–Crippen LogP) is 2.59. The molecule has 1 aliphatic carbocycles. The fourth-order valence-electron chi connectivity index (χ4n) is 3.94. The quantitative estimate of drug-likeness (QED) is 0.217. The first-order chi connectivity index (χ1) is 16.9. The highest BCUT2D eigenvalue weighted by atomic mass is 79.9. The number of hydrogen-bond donors (Lipinski definition) is 3. The Morgan fingerprint density at radius 2 is 2.06 bits per heavy atom. The van der Waals surface area contributed by atoms with Gasteiger partial charge in [0.25, 0.3) is 0 Å². The topological polar surface area (TPSA) is 166 Å². The molecule has 0 atom stereocenters. The standard InChI is InChI=1S/C21H24BrFN8O4/c22-14-11-13(6-7-15(14)23)31-19(30-34-21(31)33)17-18(29-35-28-17)25-8-9-26-20(24)27-16(32)10-12-4-2-1-3-5-12/h6-7,11-12H,1-5,8-10H2,(H,25,29)(H3,24,26,27,32). The van der Waals surface area contributed by atoms with Crippen LogP contribution in [0.4, 0.5) is 10.2 Å². The van der Waals surface area contributed by atoms with Crippen molar-refractivity contribution < 1.29 is 18.3 Å². The summed E-state index contributed by atoms with van der Waals surface area (Å²) >= 11 is 3.09. The van der Waals surface area contributed by atoms with Gasteiger partial charge >= 0.3 is 5.76 Å². The number of guanidine groups is 1. The van der Waals surface area contributed by atoms with E-state index in [1.165, 1.54) is 24.6 Å². The molecule has 1 amide bonds. The summed E-state index contributed by atoms with van der Waals surface area (Å²) < 4.78 is 24.5. The number of aliphatic imine (C=N–C) groups is 1. The second-order valence-corrected chi connectivity index (χ2v) is 8.97. The number of hydrogen-bond acceptors (Lipinski definition) is 9. The van der Waals surface area contributed by atoms with E-state index < -0.39 is 11.6 Å². The molecule has 2 aromatic heterocycles. The molecule has 0 spiro atoms. The SMILES string of the molecule is NC(=NCCNc1nonc1-c1noc(=O)n1-c1ccc(F)c(Br)c1)NC(=O)CC1CCCCC1. The first kappa shape index (κ1) is 24.6. The Labute approximate surface area is 207 Å². The number of carbonyl (C=O) groups is 1. The average molecular weight is 551 g/mol. The third-order valence-corrected chi connectivity index (χ3v) is 6.23. The molecule has 0 saturated heterocycles.